The topological polar surface area (TPSA) is 75.3 Å². The predicted octanol–water partition coefficient (Wildman–Crippen LogP) is 5.93. The molecular weight excluding hydrogens is 432 g/mol. The second-order valence-corrected chi connectivity index (χ2v) is 10.6. The minimum absolute atomic E-state index is 0.0928. The van der Waals surface area contributed by atoms with Gasteiger partial charge in [-0.2, -0.15) is 0 Å². The summed E-state index contributed by atoms with van der Waals surface area (Å²) < 4.78 is 29.0. The van der Waals surface area contributed by atoms with Crippen LogP contribution in [0.25, 0.3) is 0 Å². The van der Waals surface area contributed by atoms with Gasteiger partial charge in [-0.25, -0.2) is 8.42 Å². The van der Waals surface area contributed by atoms with E-state index in [4.69, 9.17) is 0 Å². The molecule has 0 saturated heterocycles. The summed E-state index contributed by atoms with van der Waals surface area (Å²) in [6.45, 7) is 9.76. The van der Waals surface area contributed by atoms with Crippen molar-refractivity contribution < 1.29 is 13.2 Å². The van der Waals surface area contributed by atoms with Crippen molar-refractivity contribution in [3.05, 3.63) is 94.5 Å². The van der Waals surface area contributed by atoms with Crippen LogP contribution in [0.4, 0.5) is 5.69 Å². The van der Waals surface area contributed by atoms with Gasteiger partial charge in [-0.3, -0.25) is 9.52 Å². The molecule has 0 spiro atoms. The van der Waals surface area contributed by atoms with Crippen molar-refractivity contribution in [3.8, 4) is 0 Å². The number of benzene rings is 3. The lowest BCUT2D eigenvalue weighted by Crippen LogP contribution is -2.29. The Morgan fingerprint density at radius 1 is 0.879 bits per heavy atom. The maximum Gasteiger partial charge on any atom is 0.262 e. The van der Waals surface area contributed by atoms with Gasteiger partial charge in [0.05, 0.1) is 16.6 Å². The summed E-state index contributed by atoms with van der Waals surface area (Å²) in [6.07, 6.45) is 0.779. The van der Waals surface area contributed by atoms with Crippen molar-refractivity contribution in [1.29, 1.82) is 0 Å². The van der Waals surface area contributed by atoms with E-state index in [1.54, 1.807) is 25.1 Å². The van der Waals surface area contributed by atoms with Crippen LogP contribution in [-0.4, -0.2) is 14.3 Å². The Balaban J connectivity index is 1.88. The Morgan fingerprint density at radius 3 is 2.21 bits per heavy atom. The Labute approximate surface area is 197 Å². The minimum atomic E-state index is -3.87. The SMILES string of the molecule is Cc1ccc(NS(=O)(=O)c2cc(C(=O)N[C@@H](CC(C)C)c3ccccc3)ccc2C)c(C)c1. The number of aryl methyl sites for hydroxylation is 3. The van der Waals surface area contributed by atoms with Crippen LogP contribution >= 0.6 is 0 Å². The van der Waals surface area contributed by atoms with Crippen molar-refractivity contribution in [2.45, 2.75) is 52.0 Å². The van der Waals surface area contributed by atoms with Crippen LogP contribution < -0.4 is 10.0 Å². The van der Waals surface area contributed by atoms with Gasteiger partial charge in [0.2, 0.25) is 0 Å². The highest BCUT2D eigenvalue weighted by Gasteiger charge is 2.22. The second kappa shape index (κ2) is 10.2. The van der Waals surface area contributed by atoms with Gasteiger partial charge < -0.3 is 5.32 Å². The van der Waals surface area contributed by atoms with Gasteiger partial charge in [-0.1, -0.05) is 67.9 Å². The third-order valence-electron chi connectivity index (χ3n) is 5.58. The average molecular weight is 465 g/mol. The lowest BCUT2D eigenvalue weighted by atomic mass is 9.96. The number of hydrogen-bond acceptors (Lipinski definition) is 3. The molecule has 3 rings (SSSR count). The molecule has 5 nitrogen and oxygen atoms in total. The number of carbonyl (C=O) groups excluding carboxylic acids is 1. The zero-order valence-electron chi connectivity index (χ0n) is 19.8. The fraction of sp³-hybridized carbons (Fsp3) is 0.296. The standard InChI is InChI=1S/C27H32N2O3S/c1-18(2)15-25(22-9-7-6-8-10-22)28-27(30)23-13-12-20(4)26(17-23)33(31,32)29-24-14-11-19(3)16-21(24)5/h6-14,16-18,25,29H,15H2,1-5H3,(H,28,30)/t25-/m0/s1. The minimum Gasteiger partial charge on any atom is -0.345 e. The first-order valence-electron chi connectivity index (χ1n) is 11.1. The summed E-state index contributed by atoms with van der Waals surface area (Å²) in [5.41, 5.74) is 4.33. The molecule has 0 unspecified atom stereocenters. The lowest BCUT2D eigenvalue weighted by Gasteiger charge is -2.21. The molecule has 0 saturated carbocycles. The summed E-state index contributed by atoms with van der Waals surface area (Å²) in [6, 6.07) is 20.0. The fourth-order valence-electron chi connectivity index (χ4n) is 3.84. The highest BCUT2D eigenvalue weighted by atomic mass is 32.2. The lowest BCUT2D eigenvalue weighted by molar-refractivity contribution is 0.0931. The summed E-state index contributed by atoms with van der Waals surface area (Å²) >= 11 is 0. The summed E-state index contributed by atoms with van der Waals surface area (Å²) in [7, 11) is -3.87. The van der Waals surface area contributed by atoms with E-state index in [0.29, 0.717) is 22.7 Å². The molecule has 6 heteroatoms. The highest BCUT2D eigenvalue weighted by molar-refractivity contribution is 7.92. The largest absolute Gasteiger partial charge is 0.345 e. The molecule has 0 heterocycles. The summed E-state index contributed by atoms with van der Waals surface area (Å²) in [4.78, 5) is 13.2. The van der Waals surface area contributed by atoms with Crippen LogP contribution in [0.1, 0.15) is 58.9 Å². The van der Waals surface area contributed by atoms with Crippen LogP contribution in [0.3, 0.4) is 0 Å². The van der Waals surface area contributed by atoms with Crippen molar-refractivity contribution in [2.24, 2.45) is 5.92 Å². The second-order valence-electron chi connectivity index (χ2n) is 8.97. The van der Waals surface area contributed by atoms with Crippen LogP contribution in [0.2, 0.25) is 0 Å². The number of rotatable bonds is 8. The van der Waals surface area contributed by atoms with E-state index in [9.17, 15) is 13.2 Å². The van der Waals surface area contributed by atoms with Crippen molar-refractivity contribution in [3.63, 3.8) is 0 Å². The van der Waals surface area contributed by atoms with Crippen molar-refractivity contribution >= 4 is 21.6 Å². The van der Waals surface area contributed by atoms with E-state index in [1.165, 1.54) is 6.07 Å². The first-order chi connectivity index (χ1) is 15.6. The van der Waals surface area contributed by atoms with Gasteiger partial charge in [-0.05, 0) is 68.0 Å². The molecule has 0 aromatic heterocycles. The van der Waals surface area contributed by atoms with E-state index in [-0.39, 0.29) is 16.8 Å². The molecule has 3 aromatic rings. The molecule has 1 atom stereocenters. The number of carbonyl (C=O) groups is 1. The van der Waals surface area contributed by atoms with E-state index in [1.807, 2.05) is 56.3 Å². The maximum absolute atomic E-state index is 13.2. The number of hydrogen-bond donors (Lipinski definition) is 2. The van der Waals surface area contributed by atoms with Crippen LogP contribution in [-0.2, 0) is 10.0 Å². The van der Waals surface area contributed by atoms with Crippen LogP contribution in [0.15, 0.2) is 71.6 Å². The predicted molar refractivity (Wildman–Crippen MR) is 134 cm³/mol. The molecule has 0 bridgehead atoms. The Morgan fingerprint density at radius 2 is 1.58 bits per heavy atom. The molecule has 1 amide bonds. The average Bonchev–Trinajstić information content (AvgIpc) is 2.75. The molecular formula is C27H32N2O3S. The van der Waals surface area contributed by atoms with Crippen LogP contribution in [0.5, 0.6) is 0 Å². The van der Waals surface area contributed by atoms with E-state index >= 15 is 0 Å². The van der Waals surface area contributed by atoms with E-state index in [0.717, 1.165) is 23.1 Å². The zero-order valence-corrected chi connectivity index (χ0v) is 20.7. The first-order valence-corrected chi connectivity index (χ1v) is 12.6. The Hall–Kier alpha value is -3.12. The third-order valence-corrected chi connectivity index (χ3v) is 7.09. The maximum atomic E-state index is 13.2. The van der Waals surface area contributed by atoms with Gasteiger partial charge in [0.1, 0.15) is 0 Å². The fourth-order valence-corrected chi connectivity index (χ4v) is 5.24. The molecule has 0 aliphatic carbocycles. The van der Waals surface area contributed by atoms with Gasteiger partial charge in [0, 0.05) is 5.56 Å². The van der Waals surface area contributed by atoms with E-state index < -0.39 is 10.0 Å². The van der Waals surface area contributed by atoms with Gasteiger partial charge in [-0.15, -0.1) is 0 Å². The smallest absolute Gasteiger partial charge is 0.262 e. The normalized spacial score (nSPS) is 12.4. The molecule has 33 heavy (non-hydrogen) atoms. The quantitative estimate of drug-likeness (QED) is 0.434. The van der Waals surface area contributed by atoms with E-state index in [2.05, 4.69) is 23.9 Å². The molecule has 174 valence electrons. The monoisotopic (exact) mass is 464 g/mol. The number of sulfonamides is 1. The number of anilines is 1. The van der Waals surface area contributed by atoms with Gasteiger partial charge in [0.15, 0.2) is 0 Å². The summed E-state index contributed by atoms with van der Waals surface area (Å²) in [5.74, 6) is 0.0823. The molecule has 2 N–H and O–H groups in total. The highest BCUT2D eigenvalue weighted by Crippen LogP contribution is 2.25. The van der Waals surface area contributed by atoms with Crippen molar-refractivity contribution in [1.82, 2.24) is 5.32 Å². The molecule has 3 aromatic carbocycles. The first kappa shape index (κ1) is 24.5. The number of amides is 1. The molecule has 0 fully saturated rings. The van der Waals surface area contributed by atoms with Crippen molar-refractivity contribution in [2.75, 3.05) is 4.72 Å². The Kier molecular flexibility index (Phi) is 7.59. The third kappa shape index (κ3) is 6.23. The Bertz CT molecular complexity index is 1240. The zero-order chi connectivity index (χ0) is 24.2. The van der Waals surface area contributed by atoms with Crippen LogP contribution in [0, 0.1) is 26.7 Å². The number of nitrogens with one attached hydrogen (secondary N) is 2. The molecule has 0 radical (unpaired) electrons. The van der Waals surface area contributed by atoms with Gasteiger partial charge in [0.25, 0.3) is 15.9 Å². The molecule has 0 aliphatic rings. The van der Waals surface area contributed by atoms with Gasteiger partial charge >= 0.3 is 0 Å². The molecule has 0 aliphatic heterocycles. The summed E-state index contributed by atoms with van der Waals surface area (Å²) in [5, 5.41) is 3.09.